The lowest BCUT2D eigenvalue weighted by atomic mass is 10.0. The first-order chi connectivity index (χ1) is 11.3. The smallest absolute Gasteiger partial charge is 0.257 e. The summed E-state index contributed by atoms with van der Waals surface area (Å²) in [5, 5.41) is 0. The first-order valence-electron chi connectivity index (χ1n) is 8.11. The van der Waals surface area contributed by atoms with Crippen molar-refractivity contribution in [3.05, 3.63) is 24.2 Å². The van der Waals surface area contributed by atoms with E-state index in [9.17, 15) is 18.0 Å². The van der Waals surface area contributed by atoms with Crippen molar-refractivity contribution in [2.75, 3.05) is 24.6 Å². The van der Waals surface area contributed by atoms with Crippen LogP contribution >= 0.6 is 0 Å². The molecule has 2 saturated heterocycles. The molecule has 3 heterocycles. The van der Waals surface area contributed by atoms with E-state index in [2.05, 4.69) is 0 Å². The first kappa shape index (κ1) is 17.0. The summed E-state index contributed by atoms with van der Waals surface area (Å²) in [5.41, 5.74) is 0.403. The molecule has 2 atom stereocenters. The van der Waals surface area contributed by atoms with Crippen LogP contribution in [0.3, 0.4) is 0 Å². The molecule has 0 saturated carbocycles. The molecule has 2 amide bonds. The second-order valence-corrected chi connectivity index (χ2v) is 9.06. The fourth-order valence-electron chi connectivity index (χ4n) is 3.53. The Balaban J connectivity index is 1.85. The molecule has 0 spiro atoms. The molecule has 0 aliphatic carbocycles. The summed E-state index contributed by atoms with van der Waals surface area (Å²) in [7, 11) is -3.27. The number of carbonyl (C=O) groups excluding carboxylic acids is 2. The Morgan fingerprint density at radius 1 is 1.21 bits per heavy atom. The van der Waals surface area contributed by atoms with E-state index in [-0.39, 0.29) is 29.2 Å². The minimum Gasteiger partial charge on any atom is -0.472 e. The van der Waals surface area contributed by atoms with Gasteiger partial charge in [-0.05, 0) is 12.0 Å². The van der Waals surface area contributed by atoms with Gasteiger partial charge in [-0.2, -0.15) is 0 Å². The van der Waals surface area contributed by atoms with Crippen molar-refractivity contribution in [1.29, 1.82) is 0 Å². The van der Waals surface area contributed by atoms with Crippen LogP contribution in [0.2, 0.25) is 0 Å². The van der Waals surface area contributed by atoms with Crippen molar-refractivity contribution >= 4 is 21.7 Å². The van der Waals surface area contributed by atoms with Crippen LogP contribution in [-0.2, 0) is 14.6 Å². The lowest BCUT2D eigenvalue weighted by molar-refractivity contribution is -0.137. The first-order valence-corrected chi connectivity index (χ1v) is 9.93. The lowest BCUT2D eigenvalue weighted by Gasteiger charge is -2.44. The second kappa shape index (κ2) is 6.23. The predicted molar refractivity (Wildman–Crippen MR) is 87.1 cm³/mol. The maximum Gasteiger partial charge on any atom is 0.257 e. The lowest BCUT2D eigenvalue weighted by Crippen LogP contribution is -2.62. The van der Waals surface area contributed by atoms with Gasteiger partial charge in [0.1, 0.15) is 6.26 Å². The fraction of sp³-hybridized carbons (Fsp3) is 0.625. The van der Waals surface area contributed by atoms with E-state index >= 15 is 0 Å². The van der Waals surface area contributed by atoms with Gasteiger partial charge in [0.25, 0.3) is 5.91 Å². The molecule has 24 heavy (non-hydrogen) atoms. The molecule has 3 rings (SSSR count). The standard InChI is InChI=1S/C16H22N2O5S/c1-11(2)7-15(19)17-4-5-18(16(20)12-3-6-23-8-12)14-10-24(21,22)9-13(14)17/h3,6,8,11,13-14H,4-5,7,9-10H2,1-2H3/t13-,14+/m1/s1. The Hall–Kier alpha value is -1.83. The number of amides is 2. The van der Waals surface area contributed by atoms with Gasteiger partial charge in [0.05, 0.1) is 35.4 Å². The molecule has 2 aliphatic heterocycles. The van der Waals surface area contributed by atoms with Gasteiger partial charge in [-0.3, -0.25) is 9.59 Å². The Bertz CT molecular complexity index is 726. The van der Waals surface area contributed by atoms with E-state index < -0.39 is 21.9 Å². The minimum atomic E-state index is -3.27. The summed E-state index contributed by atoms with van der Waals surface area (Å²) in [6.45, 7) is 4.62. The van der Waals surface area contributed by atoms with Crippen LogP contribution in [-0.4, -0.2) is 66.7 Å². The van der Waals surface area contributed by atoms with Crippen LogP contribution in [0.1, 0.15) is 30.6 Å². The quantitative estimate of drug-likeness (QED) is 0.800. The third-order valence-corrected chi connectivity index (χ3v) is 6.31. The van der Waals surface area contributed by atoms with Gasteiger partial charge in [-0.15, -0.1) is 0 Å². The SMILES string of the molecule is CC(C)CC(=O)N1CCN(C(=O)c2ccoc2)[C@H]2CS(=O)(=O)C[C@H]21. The Labute approximate surface area is 141 Å². The molecule has 1 aromatic heterocycles. The van der Waals surface area contributed by atoms with E-state index in [0.717, 1.165) is 0 Å². The highest BCUT2D eigenvalue weighted by molar-refractivity contribution is 7.91. The maximum absolute atomic E-state index is 12.6. The monoisotopic (exact) mass is 354 g/mol. The minimum absolute atomic E-state index is 0.0347. The number of hydrogen-bond donors (Lipinski definition) is 0. The fourth-order valence-corrected chi connectivity index (χ4v) is 5.51. The number of fused-ring (bicyclic) bond motifs is 1. The molecular weight excluding hydrogens is 332 g/mol. The molecule has 132 valence electrons. The number of carbonyl (C=O) groups is 2. The number of furan rings is 1. The summed E-state index contributed by atoms with van der Waals surface area (Å²) in [4.78, 5) is 28.4. The normalized spacial score (nSPS) is 25.8. The zero-order chi connectivity index (χ0) is 17.5. The number of hydrogen-bond acceptors (Lipinski definition) is 5. The van der Waals surface area contributed by atoms with Gasteiger partial charge in [0.2, 0.25) is 5.91 Å². The molecule has 0 bridgehead atoms. The van der Waals surface area contributed by atoms with Gasteiger partial charge in [0, 0.05) is 19.5 Å². The molecule has 0 unspecified atom stereocenters. The Morgan fingerprint density at radius 3 is 2.42 bits per heavy atom. The summed E-state index contributed by atoms with van der Waals surface area (Å²) < 4.78 is 29.2. The van der Waals surface area contributed by atoms with Crippen LogP contribution in [0, 0.1) is 5.92 Å². The number of nitrogens with zero attached hydrogens (tertiary/aromatic N) is 2. The Morgan fingerprint density at radius 2 is 1.83 bits per heavy atom. The van der Waals surface area contributed by atoms with Crippen LogP contribution in [0.25, 0.3) is 0 Å². The van der Waals surface area contributed by atoms with Gasteiger partial charge < -0.3 is 14.2 Å². The van der Waals surface area contributed by atoms with Crippen molar-refractivity contribution in [3.8, 4) is 0 Å². The highest BCUT2D eigenvalue weighted by atomic mass is 32.2. The Kier molecular flexibility index (Phi) is 4.42. The molecule has 2 aliphatic rings. The summed E-state index contributed by atoms with van der Waals surface area (Å²) >= 11 is 0. The highest BCUT2D eigenvalue weighted by Crippen LogP contribution is 2.29. The van der Waals surface area contributed by atoms with E-state index in [1.165, 1.54) is 12.5 Å². The molecule has 0 N–H and O–H groups in total. The molecular formula is C16H22N2O5S. The van der Waals surface area contributed by atoms with Gasteiger partial charge in [-0.25, -0.2) is 8.42 Å². The van der Waals surface area contributed by atoms with Gasteiger partial charge >= 0.3 is 0 Å². The number of sulfone groups is 1. The van der Waals surface area contributed by atoms with Crippen molar-refractivity contribution in [2.24, 2.45) is 5.92 Å². The van der Waals surface area contributed by atoms with Crippen LogP contribution in [0.5, 0.6) is 0 Å². The van der Waals surface area contributed by atoms with Crippen molar-refractivity contribution < 1.29 is 22.4 Å². The maximum atomic E-state index is 12.6. The average molecular weight is 354 g/mol. The van der Waals surface area contributed by atoms with Gasteiger partial charge in [0.15, 0.2) is 9.84 Å². The molecule has 1 aromatic rings. The summed E-state index contributed by atoms with van der Waals surface area (Å²) in [6.07, 6.45) is 3.16. The third-order valence-electron chi connectivity index (χ3n) is 4.61. The summed E-state index contributed by atoms with van der Waals surface area (Å²) in [6, 6.07) is 0.630. The van der Waals surface area contributed by atoms with Crippen molar-refractivity contribution in [3.63, 3.8) is 0 Å². The van der Waals surface area contributed by atoms with E-state index in [4.69, 9.17) is 4.42 Å². The van der Waals surface area contributed by atoms with Crippen LogP contribution in [0.4, 0.5) is 0 Å². The molecule has 7 nitrogen and oxygen atoms in total. The number of piperazine rings is 1. The summed E-state index contributed by atoms with van der Waals surface area (Å²) in [5.74, 6) is -0.234. The molecule has 0 aromatic carbocycles. The van der Waals surface area contributed by atoms with E-state index in [1.54, 1.807) is 15.9 Å². The van der Waals surface area contributed by atoms with E-state index in [1.807, 2.05) is 13.8 Å². The van der Waals surface area contributed by atoms with E-state index in [0.29, 0.717) is 25.1 Å². The average Bonchev–Trinajstić information content (AvgIpc) is 3.10. The number of rotatable bonds is 3. The predicted octanol–water partition coefficient (Wildman–Crippen LogP) is 0.776. The largest absolute Gasteiger partial charge is 0.472 e. The van der Waals surface area contributed by atoms with Crippen molar-refractivity contribution in [2.45, 2.75) is 32.4 Å². The third kappa shape index (κ3) is 3.19. The molecule has 8 heteroatoms. The van der Waals surface area contributed by atoms with Gasteiger partial charge in [-0.1, -0.05) is 13.8 Å². The topological polar surface area (TPSA) is 87.9 Å². The molecule has 2 fully saturated rings. The van der Waals surface area contributed by atoms with Crippen LogP contribution < -0.4 is 0 Å². The zero-order valence-electron chi connectivity index (χ0n) is 13.8. The second-order valence-electron chi connectivity index (χ2n) is 6.91. The highest BCUT2D eigenvalue weighted by Gasteiger charge is 2.49. The van der Waals surface area contributed by atoms with Crippen LogP contribution in [0.15, 0.2) is 23.0 Å². The van der Waals surface area contributed by atoms with Crippen molar-refractivity contribution in [1.82, 2.24) is 9.80 Å². The molecule has 0 radical (unpaired) electrons. The zero-order valence-corrected chi connectivity index (χ0v) is 14.7.